The van der Waals surface area contributed by atoms with Crippen molar-refractivity contribution in [2.45, 2.75) is 6.92 Å². The van der Waals surface area contributed by atoms with Crippen molar-refractivity contribution < 1.29 is 19.2 Å². The lowest BCUT2D eigenvalue weighted by Crippen LogP contribution is -2.27. The van der Waals surface area contributed by atoms with Gasteiger partial charge in [0.25, 0.3) is 11.6 Å². The zero-order valence-electron chi connectivity index (χ0n) is 14.7. The molecule has 1 fully saturated rings. The van der Waals surface area contributed by atoms with Crippen LogP contribution in [0, 0.1) is 10.1 Å². The molecular formula is C19H14N2O5S2. The molecular weight excluding hydrogens is 400 g/mol. The van der Waals surface area contributed by atoms with Crippen molar-refractivity contribution in [3.63, 3.8) is 0 Å². The van der Waals surface area contributed by atoms with Crippen LogP contribution in [0.4, 0.5) is 11.4 Å². The summed E-state index contributed by atoms with van der Waals surface area (Å²) in [6.45, 7) is 1.97. The summed E-state index contributed by atoms with van der Waals surface area (Å²) in [5.41, 5.74) is 1.42. The molecule has 142 valence electrons. The lowest BCUT2D eigenvalue weighted by atomic mass is 10.1. The van der Waals surface area contributed by atoms with Crippen molar-refractivity contribution in [3.8, 4) is 0 Å². The zero-order valence-corrected chi connectivity index (χ0v) is 16.3. The van der Waals surface area contributed by atoms with Gasteiger partial charge in [0.05, 0.1) is 27.7 Å². The van der Waals surface area contributed by atoms with Gasteiger partial charge in [-0.1, -0.05) is 30.0 Å². The highest BCUT2D eigenvalue weighted by Gasteiger charge is 2.33. The number of nitro groups is 1. The number of esters is 1. The molecule has 0 atom stereocenters. The van der Waals surface area contributed by atoms with E-state index in [4.69, 9.17) is 17.0 Å². The fourth-order valence-electron chi connectivity index (χ4n) is 2.52. The summed E-state index contributed by atoms with van der Waals surface area (Å²) < 4.78 is 5.32. The maximum Gasteiger partial charge on any atom is 0.338 e. The first-order valence-electron chi connectivity index (χ1n) is 8.20. The Morgan fingerprint density at radius 2 is 2.00 bits per heavy atom. The average Bonchev–Trinajstić information content (AvgIpc) is 2.95. The molecule has 0 bridgehead atoms. The third-order valence-corrected chi connectivity index (χ3v) is 5.11. The number of benzene rings is 2. The lowest BCUT2D eigenvalue weighted by molar-refractivity contribution is -0.384. The van der Waals surface area contributed by atoms with E-state index in [1.165, 1.54) is 17.0 Å². The smallest absolute Gasteiger partial charge is 0.338 e. The van der Waals surface area contributed by atoms with Gasteiger partial charge in [-0.05, 0) is 48.9 Å². The van der Waals surface area contributed by atoms with Crippen LogP contribution in [-0.2, 0) is 9.53 Å². The zero-order chi connectivity index (χ0) is 20.3. The maximum absolute atomic E-state index is 12.8. The first kappa shape index (κ1) is 19.7. The second kappa shape index (κ2) is 8.32. The molecule has 3 rings (SSSR count). The number of amides is 1. The number of non-ortho nitro benzene ring substituents is 1. The van der Waals surface area contributed by atoms with E-state index in [0.717, 1.165) is 11.8 Å². The molecule has 9 heteroatoms. The van der Waals surface area contributed by atoms with E-state index in [1.807, 2.05) is 0 Å². The summed E-state index contributed by atoms with van der Waals surface area (Å²) in [5, 5.41) is 10.7. The largest absolute Gasteiger partial charge is 0.462 e. The Kier molecular flexibility index (Phi) is 5.86. The number of ether oxygens (including phenoxy) is 1. The second-order valence-corrected chi connectivity index (χ2v) is 7.31. The van der Waals surface area contributed by atoms with Crippen LogP contribution in [0.3, 0.4) is 0 Å². The molecule has 2 aromatic rings. The van der Waals surface area contributed by atoms with Gasteiger partial charge in [0.1, 0.15) is 0 Å². The molecule has 28 heavy (non-hydrogen) atoms. The molecule has 1 amide bonds. The molecule has 0 saturated carbocycles. The molecule has 0 unspecified atom stereocenters. The number of nitro benzene ring substituents is 1. The molecule has 0 spiro atoms. The Balaban J connectivity index is 1.86. The number of carbonyl (C=O) groups excluding carboxylic acids is 2. The standard InChI is InChI=1S/C19H14N2O5S2/c1-2-26-18(23)13-4-3-5-15(11-13)20-17(22)16(28-19(20)27)10-12-6-8-14(9-7-12)21(24)25/h3-11H,2H2,1H3. The van der Waals surface area contributed by atoms with Crippen LogP contribution in [-0.4, -0.2) is 27.7 Å². The highest BCUT2D eigenvalue weighted by atomic mass is 32.2. The number of nitrogens with zero attached hydrogens (tertiary/aromatic N) is 2. The predicted molar refractivity (Wildman–Crippen MR) is 111 cm³/mol. The van der Waals surface area contributed by atoms with E-state index in [1.54, 1.807) is 49.4 Å². The van der Waals surface area contributed by atoms with E-state index in [9.17, 15) is 19.7 Å². The highest BCUT2D eigenvalue weighted by molar-refractivity contribution is 8.27. The molecule has 2 aromatic carbocycles. The maximum atomic E-state index is 12.8. The average molecular weight is 414 g/mol. The number of carbonyl (C=O) groups is 2. The summed E-state index contributed by atoms with van der Waals surface area (Å²) in [6.07, 6.45) is 1.62. The number of hydrogen-bond acceptors (Lipinski definition) is 7. The van der Waals surface area contributed by atoms with E-state index in [0.29, 0.717) is 26.0 Å². The first-order valence-corrected chi connectivity index (χ1v) is 9.42. The summed E-state index contributed by atoms with van der Waals surface area (Å²) in [6, 6.07) is 12.4. The fraction of sp³-hybridized carbons (Fsp3) is 0.105. The van der Waals surface area contributed by atoms with Crippen LogP contribution >= 0.6 is 24.0 Å². The van der Waals surface area contributed by atoms with Crippen LogP contribution in [0.5, 0.6) is 0 Å². The Hall–Kier alpha value is -3.04. The van der Waals surface area contributed by atoms with Gasteiger partial charge in [-0.2, -0.15) is 0 Å². The van der Waals surface area contributed by atoms with Crippen molar-refractivity contribution in [1.29, 1.82) is 0 Å². The van der Waals surface area contributed by atoms with Crippen LogP contribution in [0.25, 0.3) is 6.08 Å². The van der Waals surface area contributed by atoms with Gasteiger partial charge in [0, 0.05) is 12.1 Å². The minimum absolute atomic E-state index is 0.0273. The van der Waals surface area contributed by atoms with Crippen LogP contribution in [0.2, 0.25) is 0 Å². The van der Waals surface area contributed by atoms with Crippen molar-refractivity contribution in [2.75, 3.05) is 11.5 Å². The topological polar surface area (TPSA) is 89.8 Å². The normalized spacial score (nSPS) is 15.2. The number of thiocarbonyl (C=S) groups is 1. The van der Waals surface area contributed by atoms with Gasteiger partial charge in [-0.3, -0.25) is 19.8 Å². The van der Waals surface area contributed by atoms with E-state index < -0.39 is 10.9 Å². The van der Waals surface area contributed by atoms with Gasteiger partial charge < -0.3 is 4.74 Å². The predicted octanol–water partition coefficient (Wildman–Crippen LogP) is 4.18. The number of thioether (sulfide) groups is 1. The van der Waals surface area contributed by atoms with Crippen molar-refractivity contribution >= 4 is 57.6 Å². The van der Waals surface area contributed by atoms with Crippen LogP contribution in [0.15, 0.2) is 53.4 Å². The summed E-state index contributed by atoms with van der Waals surface area (Å²) in [5.74, 6) is -0.800. The van der Waals surface area contributed by atoms with E-state index >= 15 is 0 Å². The minimum Gasteiger partial charge on any atom is -0.462 e. The first-order chi connectivity index (χ1) is 13.4. The monoisotopic (exact) mass is 414 g/mol. The Morgan fingerprint density at radius 3 is 2.64 bits per heavy atom. The molecule has 7 nitrogen and oxygen atoms in total. The van der Waals surface area contributed by atoms with E-state index in [2.05, 4.69) is 0 Å². The highest BCUT2D eigenvalue weighted by Crippen LogP contribution is 2.36. The van der Waals surface area contributed by atoms with Crippen molar-refractivity contribution in [2.24, 2.45) is 0 Å². The molecule has 0 radical (unpaired) electrons. The van der Waals surface area contributed by atoms with Gasteiger partial charge in [0.2, 0.25) is 0 Å². The fourth-order valence-corrected chi connectivity index (χ4v) is 3.82. The second-order valence-electron chi connectivity index (χ2n) is 5.64. The lowest BCUT2D eigenvalue weighted by Gasteiger charge is -2.15. The molecule has 1 aliphatic heterocycles. The number of anilines is 1. The third kappa shape index (κ3) is 4.10. The van der Waals surface area contributed by atoms with Crippen molar-refractivity contribution in [1.82, 2.24) is 0 Å². The van der Waals surface area contributed by atoms with Crippen LogP contribution < -0.4 is 4.90 Å². The molecule has 1 saturated heterocycles. The molecule has 1 heterocycles. The Labute approximate surface area is 170 Å². The summed E-state index contributed by atoms with van der Waals surface area (Å²) >= 11 is 6.46. The number of hydrogen-bond donors (Lipinski definition) is 0. The molecule has 0 N–H and O–H groups in total. The van der Waals surface area contributed by atoms with Gasteiger partial charge in [0.15, 0.2) is 4.32 Å². The van der Waals surface area contributed by atoms with Gasteiger partial charge in [-0.15, -0.1) is 0 Å². The Bertz CT molecular complexity index is 1000. The molecule has 0 aromatic heterocycles. The van der Waals surface area contributed by atoms with Crippen LogP contribution in [0.1, 0.15) is 22.8 Å². The molecule has 0 aliphatic carbocycles. The van der Waals surface area contributed by atoms with Gasteiger partial charge in [-0.25, -0.2) is 4.79 Å². The third-order valence-electron chi connectivity index (χ3n) is 3.81. The van der Waals surface area contributed by atoms with Crippen molar-refractivity contribution in [3.05, 3.63) is 74.7 Å². The summed E-state index contributed by atoms with van der Waals surface area (Å²) in [7, 11) is 0. The summed E-state index contributed by atoms with van der Waals surface area (Å²) in [4.78, 5) is 36.8. The molecule has 1 aliphatic rings. The SMILES string of the molecule is CCOC(=O)c1cccc(N2C(=O)C(=Cc3ccc([N+](=O)[O-])cc3)SC2=S)c1. The Morgan fingerprint density at radius 1 is 1.29 bits per heavy atom. The van der Waals surface area contributed by atoms with E-state index in [-0.39, 0.29) is 18.2 Å². The minimum atomic E-state index is -0.486. The quantitative estimate of drug-likeness (QED) is 0.238. The number of rotatable bonds is 5. The van der Waals surface area contributed by atoms with Gasteiger partial charge >= 0.3 is 5.97 Å².